The van der Waals surface area contributed by atoms with Crippen molar-refractivity contribution < 1.29 is 13.2 Å². The number of aromatic nitrogens is 2. The summed E-state index contributed by atoms with van der Waals surface area (Å²) in [5, 5.41) is 4.26. The second kappa shape index (κ2) is 12.5. The molecule has 206 valence electrons. The fraction of sp³-hybridized carbons (Fsp3) is 0.0938. The van der Waals surface area contributed by atoms with Crippen molar-refractivity contribution in [3.63, 3.8) is 0 Å². The van der Waals surface area contributed by atoms with Crippen molar-refractivity contribution in [2.75, 3.05) is 0 Å². The molecule has 1 N–H and O–H groups in total. The molecule has 0 aliphatic carbocycles. The first kappa shape index (κ1) is 27.7. The van der Waals surface area contributed by atoms with Crippen LogP contribution >= 0.6 is 0 Å². The van der Waals surface area contributed by atoms with E-state index in [4.69, 9.17) is 0 Å². The number of sulfonamides is 1. The van der Waals surface area contributed by atoms with Gasteiger partial charge in [-0.05, 0) is 60.0 Å². The van der Waals surface area contributed by atoms with E-state index < -0.39 is 10.0 Å². The SMILES string of the molecule is CC(=NNC(=O)c1ccc(CN(Cc2ccccc2)S(=O)(=O)c2ccccc2)cc1)c1ccc(-n2ccnc2)cc1. The minimum atomic E-state index is -3.75. The van der Waals surface area contributed by atoms with Gasteiger partial charge in [-0.25, -0.2) is 18.8 Å². The van der Waals surface area contributed by atoms with E-state index in [-0.39, 0.29) is 23.9 Å². The van der Waals surface area contributed by atoms with Gasteiger partial charge in [0, 0.05) is 36.7 Å². The number of nitrogens with zero attached hydrogens (tertiary/aromatic N) is 4. The third-order valence-corrected chi connectivity index (χ3v) is 8.38. The van der Waals surface area contributed by atoms with Crippen LogP contribution in [-0.2, 0) is 23.1 Å². The van der Waals surface area contributed by atoms with Crippen LogP contribution in [0.5, 0.6) is 0 Å². The molecule has 0 saturated heterocycles. The average molecular weight is 564 g/mol. The third-order valence-electron chi connectivity index (χ3n) is 6.57. The van der Waals surface area contributed by atoms with E-state index in [9.17, 15) is 13.2 Å². The quantitative estimate of drug-likeness (QED) is 0.181. The first-order valence-electron chi connectivity index (χ1n) is 13.0. The lowest BCUT2D eigenvalue weighted by atomic mass is 10.1. The van der Waals surface area contributed by atoms with Gasteiger partial charge in [-0.2, -0.15) is 9.41 Å². The Labute approximate surface area is 239 Å². The fourth-order valence-electron chi connectivity index (χ4n) is 4.27. The van der Waals surface area contributed by atoms with Crippen LogP contribution in [0.2, 0.25) is 0 Å². The molecule has 1 aromatic heterocycles. The van der Waals surface area contributed by atoms with Crippen LogP contribution in [0.1, 0.15) is 34.0 Å². The number of hydrazone groups is 1. The first-order valence-corrected chi connectivity index (χ1v) is 14.5. The van der Waals surface area contributed by atoms with Gasteiger partial charge in [0.25, 0.3) is 5.91 Å². The predicted molar refractivity (Wildman–Crippen MR) is 159 cm³/mol. The van der Waals surface area contributed by atoms with Crippen LogP contribution in [0.3, 0.4) is 0 Å². The van der Waals surface area contributed by atoms with E-state index in [1.807, 2.05) is 72.3 Å². The van der Waals surface area contributed by atoms with Crippen molar-refractivity contribution in [1.29, 1.82) is 0 Å². The zero-order chi connectivity index (χ0) is 28.7. The lowest BCUT2D eigenvalue weighted by molar-refractivity contribution is 0.0954. The molecule has 0 unspecified atom stereocenters. The topological polar surface area (TPSA) is 96.7 Å². The number of hydrogen-bond acceptors (Lipinski definition) is 5. The molecule has 0 fully saturated rings. The lowest BCUT2D eigenvalue weighted by Gasteiger charge is -2.22. The highest BCUT2D eigenvalue weighted by molar-refractivity contribution is 7.89. The summed E-state index contributed by atoms with van der Waals surface area (Å²) in [4.78, 5) is 17.1. The highest BCUT2D eigenvalue weighted by atomic mass is 32.2. The molecule has 1 heterocycles. The number of carbonyl (C=O) groups excluding carboxylic acids is 1. The normalized spacial score (nSPS) is 11.9. The van der Waals surface area contributed by atoms with Crippen molar-refractivity contribution in [3.8, 4) is 5.69 Å². The van der Waals surface area contributed by atoms with E-state index in [0.29, 0.717) is 11.3 Å². The highest BCUT2D eigenvalue weighted by Gasteiger charge is 2.25. The van der Waals surface area contributed by atoms with E-state index >= 15 is 0 Å². The van der Waals surface area contributed by atoms with Gasteiger partial charge in [-0.15, -0.1) is 0 Å². The second-order valence-electron chi connectivity index (χ2n) is 9.42. The zero-order valence-corrected chi connectivity index (χ0v) is 23.3. The maximum Gasteiger partial charge on any atom is 0.271 e. The van der Waals surface area contributed by atoms with Crippen molar-refractivity contribution in [2.24, 2.45) is 5.10 Å². The molecule has 8 nitrogen and oxygen atoms in total. The van der Waals surface area contributed by atoms with Gasteiger partial charge in [-0.1, -0.05) is 72.8 Å². The van der Waals surface area contributed by atoms with Gasteiger partial charge < -0.3 is 4.57 Å². The van der Waals surface area contributed by atoms with Crippen LogP contribution in [0.25, 0.3) is 5.69 Å². The zero-order valence-electron chi connectivity index (χ0n) is 22.5. The summed E-state index contributed by atoms with van der Waals surface area (Å²) < 4.78 is 30.4. The third kappa shape index (κ3) is 6.84. The van der Waals surface area contributed by atoms with Gasteiger partial charge in [0.2, 0.25) is 10.0 Å². The van der Waals surface area contributed by atoms with Gasteiger partial charge in [0.15, 0.2) is 0 Å². The predicted octanol–water partition coefficient (Wildman–Crippen LogP) is 5.42. The van der Waals surface area contributed by atoms with E-state index in [2.05, 4.69) is 15.5 Å². The van der Waals surface area contributed by atoms with E-state index in [1.165, 1.54) is 4.31 Å². The van der Waals surface area contributed by atoms with Gasteiger partial charge >= 0.3 is 0 Å². The highest BCUT2D eigenvalue weighted by Crippen LogP contribution is 2.21. The molecule has 4 aromatic carbocycles. The Morgan fingerprint density at radius 1 is 0.805 bits per heavy atom. The summed E-state index contributed by atoms with van der Waals surface area (Å²) in [5.74, 6) is -0.357. The molecule has 0 aliphatic heterocycles. The number of carbonyl (C=O) groups is 1. The van der Waals surface area contributed by atoms with Gasteiger partial charge in [-0.3, -0.25) is 4.79 Å². The van der Waals surface area contributed by atoms with Crippen molar-refractivity contribution >= 4 is 21.6 Å². The summed E-state index contributed by atoms with van der Waals surface area (Å²) in [5.41, 5.74) is 7.18. The Morgan fingerprint density at radius 2 is 1.39 bits per heavy atom. The Hall–Kier alpha value is -4.86. The van der Waals surface area contributed by atoms with Crippen molar-refractivity contribution in [3.05, 3.63) is 150 Å². The molecule has 0 radical (unpaired) electrons. The molecule has 0 spiro atoms. The summed E-state index contributed by atoms with van der Waals surface area (Å²) in [6, 6.07) is 32.5. The van der Waals surface area contributed by atoms with Crippen molar-refractivity contribution in [2.45, 2.75) is 24.9 Å². The molecule has 0 atom stereocenters. The molecule has 5 aromatic rings. The summed E-state index contributed by atoms with van der Waals surface area (Å²) in [7, 11) is -3.75. The Kier molecular flexibility index (Phi) is 8.47. The monoisotopic (exact) mass is 563 g/mol. The second-order valence-corrected chi connectivity index (χ2v) is 11.4. The largest absolute Gasteiger partial charge is 0.306 e. The summed E-state index contributed by atoms with van der Waals surface area (Å²) >= 11 is 0. The lowest BCUT2D eigenvalue weighted by Crippen LogP contribution is -2.30. The van der Waals surface area contributed by atoms with Crippen LogP contribution in [0, 0.1) is 0 Å². The van der Waals surface area contributed by atoms with Crippen LogP contribution < -0.4 is 5.43 Å². The molecule has 0 bridgehead atoms. The number of rotatable bonds is 10. The van der Waals surface area contributed by atoms with E-state index in [1.54, 1.807) is 67.1 Å². The van der Waals surface area contributed by atoms with Crippen LogP contribution in [0.4, 0.5) is 0 Å². The molecule has 5 rings (SSSR count). The molecule has 0 saturated carbocycles. The summed E-state index contributed by atoms with van der Waals surface area (Å²) in [6.07, 6.45) is 5.31. The molecular weight excluding hydrogens is 534 g/mol. The van der Waals surface area contributed by atoms with E-state index in [0.717, 1.165) is 22.4 Å². The Bertz CT molecular complexity index is 1720. The van der Waals surface area contributed by atoms with Crippen LogP contribution in [-0.4, -0.2) is 33.9 Å². The molecular formula is C32H29N5O3S. The Morgan fingerprint density at radius 3 is 2.00 bits per heavy atom. The van der Waals surface area contributed by atoms with Gasteiger partial charge in [0.05, 0.1) is 16.9 Å². The standard InChI is InChI=1S/C32H29N5O3S/c1-25(28-16-18-30(19-17-28)36-21-20-33-24-36)34-35-32(38)29-14-12-27(13-15-29)23-37(22-26-8-4-2-5-9-26)41(39,40)31-10-6-3-7-11-31/h2-21,24H,22-23H2,1H3,(H,35,38). The average Bonchev–Trinajstić information content (AvgIpc) is 3.56. The molecule has 41 heavy (non-hydrogen) atoms. The maximum atomic E-state index is 13.5. The minimum Gasteiger partial charge on any atom is -0.306 e. The smallest absolute Gasteiger partial charge is 0.271 e. The van der Waals surface area contributed by atoms with Crippen molar-refractivity contribution in [1.82, 2.24) is 19.3 Å². The fourth-order valence-corrected chi connectivity index (χ4v) is 5.71. The molecule has 1 amide bonds. The van der Waals surface area contributed by atoms with Gasteiger partial charge in [0.1, 0.15) is 0 Å². The Balaban J connectivity index is 1.27. The number of nitrogens with one attached hydrogen (secondary N) is 1. The molecule has 9 heteroatoms. The number of hydrogen-bond donors (Lipinski definition) is 1. The first-order chi connectivity index (χ1) is 19.9. The number of imidazole rings is 1. The number of amides is 1. The molecule has 0 aliphatic rings. The summed E-state index contributed by atoms with van der Waals surface area (Å²) in [6.45, 7) is 2.20. The maximum absolute atomic E-state index is 13.5. The number of benzene rings is 4. The van der Waals surface area contributed by atoms with Crippen LogP contribution in [0.15, 0.2) is 138 Å². The minimum absolute atomic E-state index is 0.153.